The fourth-order valence-corrected chi connectivity index (χ4v) is 4.35. The van der Waals surface area contributed by atoms with Gasteiger partial charge in [-0.1, -0.05) is 13.8 Å². The van der Waals surface area contributed by atoms with Gasteiger partial charge >= 0.3 is 0 Å². The average molecular weight is 358 g/mol. The zero-order valence-electron chi connectivity index (χ0n) is 14.6. The normalized spacial score (nSPS) is 16.2. The lowest BCUT2D eigenvalue weighted by atomic mass is 9.99. The van der Waals surface area contributed by atoms with E-state index in [9.17, 15) is 9.59 Å². The number of carbonyl (C=O) groups excluding carboxylic acids is 1. The molecule has 1 aliphatic rings. The summed E-state index contributed by atoms with van der Waals surface area (Å²) in [6, 6.07) is 3.92. The van der Waals surface area contributed by atoms with E-state index in [1.165, 1.54) is 4.68 Å². The van der Waals surface area contributed by atoms with Crippen molar-refractivity contribution in [2.45, 2.75) is 39.7 Å². The van der Waals surface area contributed by atoms with Crippen molar-refractivity contribution in [1.82, 2.24) is 19.1 Å². The zero-order valence-corrected chi connectivity index (χ0v) is 15.4. The summed E-state index contributed by atoms with van der Waals surface area (Å²) < 4.78 is 4.35. The van der Waals surface area contributed by atoms with Gasteiger partial charge in [0.15, 0.2) is 0 Å². The van der Waals surface area contributed by atoms with Crippen molar-refractivity contribution in [2.75, 3.05) is 13.1 Å². The van der Waals surface area contributed by atoms with Crippen LogP contribution in [-0.4, -0.2) is 38.1 Å². The van der Waals surface area contributed by atoms with Crippen molar-refractivity contribution in [1.29, 1.82) is 0 Å². The van der Waals surface area contributed by atoms with Gasteiger partial charge in [-0.3, -0.25) is 14.0 Å². The molecule has 3 aromatic heterocycles. The minimum absolute atomic E-state index is 0.0127. The van der Waals surface area contributed by atoms with Gasteiger partial charge in [0.25, 0.3) is 5.56 Å². The number of fused-ring (bicyclic) bond motifs is 3. The largest absolute Gasteiger partial charge is 0.341 e. The standard InChI is InChI=1S/C18H22N4O2S/c1-3-16-19-21(11-17(23)20-7-4-12(2)5-8-20)18(24)14-10-15-13(22(14)16)6-9-25-15/h6,9-10,12H,3-5,7-8,11H2,1-2H3. The van der Waals surface area contributed by atoms with E-state index in [1.807, 2.05) is 33.7 Å². The fraction of sp³-hybridized carbons (Fsp3) is 0.500. The third-order valence-electron chi connectivity index (χ3n) is 5.11. The molecule has 4 heterocycles. The minimum Gasteiger partial charge on any atom is -0.341 e. The summed E-state index contributed by atoms with van der Waals surface area (Å²) in [6.07, 6.45) is 2.76. The highest BCUT2D eigenvalue weighted by molar-refractivity contribution is 7.17. The molecule has 1 aliphatic heterocycles. The van der Waals surface area contributed by atoms with Crippen molar-refractivity contribution in [2.24, 2.45) is 5.92 Å². The number of nitrogens with zero attached hydrogens (tertiary/aromatic N) is 4. The second-order valence-electron chi connectivity index (χ2n) is 6.83. The summed E-state index contributed by atoms with van der Waals surface area (Å²) in [7, 11) is 0. The SMILES string of the molecule is CCc1nn(CC(=O)N2CCC(C)CC2)c(=O)c2cc3sccc3n12. The Morgan fingerprint density at radius 3 is 2.80 bits per heavy atom. The van der Waals surface area contributed by atoms with Crippen molar-refractivity contribution >= 4 is 33.0 Å². The Morgan fingerprint density at radius 1 is 1.32 bits per heavy atom. The van der Waals surface area contributed by atoms with Gasteiger partial charge in [-0.2, -0.15) is 5.10 Å². The number of aromatic nitrogens is 3. The third kappa shape index (κ3) is 2.76. The van der Waals surface area contributed by atoms with Gasteiger partial charge in [0.1, 0.15) is 17.9 Å². The molecule has 4 rings (SSSR count). The van der Waals surface area contributed by atoms with Gasteiger partial charge in [-0.25, -0.2) is 4.68 Å². The highest BCUT2D eigenvalue weighted by atomic mass is 32.1. The summed E-state index contributed by atoms with van der Waals surface area (Å²) in [4.78, 5) is 27.3. The van der Waals surface area contributed by atoms with Crippen molar-refractivity contribution < 1.29 is 4.79 Å². The lowest BCUT2D eigenvalue weighted by Gasteiger charge is -2.30. The van der Waals surface area contributed by atoms with Gasteiger partial charge in [0.2, 0.25) is 5.91 Å². The van der Waals surface area contributed by atoms with Crippen LogP contribution in [-0.2, 0) is 17.8 Å². The number of piperidine rings is 1. The Bertz CT molecular complexity index is 992. The fourth-order valence-electron chi connectivity index (χ4n) is 3.54. The van der Waals surface area contributed by atoms with Crippen molar-refractivity contribution in [3.05, 3.63) is 33.7 Å². The number of aryl methyl sites for hydroxylation is 1. The number of thiophene rings is 1. The Morgan fingerprint density at radius 2 is 2.08 bits per heavy atom. The molecular weight excluding hydrogens is 336 g/mol. The van der Waals surface area contributed by atoms with Crippen LogP contribution >= 0.6 is 11.3 Å². The number of amides is 1. The second kappa shape index (κ2) is 6.29. The molecule has 0 atom stereocenters. The van der Waals surface area contributed by atoms with E-state index >= 15 is 0 Å². The van der Waals surface area contributed by atoms with Crippen LogP contribution in [0.1, 0.15) is 32.5 Å². The molecule has 1 fully saturated rings. The summed E-state index contributed by atoms with van der Waals surface area (Å²) in [5, 5.41) is 6.51. The first kappa shape index (κ1) is 16.3. The number of hydrogen-bond acceptors (Lipinski definition) is 4. The van der Waals surface area contributed by atoms with E-state index in [2.05, 4.69) is 12.0 Å². The van der Waals surface area contributed by atoms with Crippen LogP contribution in [0.5, 0.6) is 0 Å². The van der Waals surface area contributed by atoms with Gasteiger partial charge in [0.05, 0.1) is 10.2 Å². The quantitative estimate of drug-likeness (QED) is 0.723. The molecule has 25 heavy (non-hydrogen) atoms. The van der Waals surface area contributed by atoms with Crippen LogP contribution in [0.2, 0.25) is 0 Å². The molecule has 0 aromatic carbocycles. The lowest BCUT2D eigenvalue weighted by Crippen LogP contribution is -2.42. The van der Waals surface area contributed by atoms with E-state index in [-0.39, 0.29) is 18.0 Å². The van der Waals surface area contributed by atoms with E-state index in [0.29, 0.717) is 17.9 Å². The van der Waals surface area contributed by atoms with Gasteiger partial charge in [0, 0.05) is 19.5 Å². The highest BCUT2D eigenvalue weighted by Crippen LogP contribution is 2.24. The van der Waals surface area contributed by atoms with Crippen LogP contribution in [0.25, 0.3) is 15.7 Å². The van der Waals surface area contributed by atoms with E-state index < -0.39 is 0 Å². The third-order valence-corrected chi connectivity index (χ3v) is 5.96. The molecule has 1 amide bonds. The highest BCUT2D eigenvalue weighted by Gasteiger charge is 2.22. The number of carbonyl (C=O) groups is 1. The maximum absolute atomic E-state index is 12.8. The van der Waals surface area contributed by atoms with Crippen LogP contribution in [0, 0.1) is 5.92 Å². The average Bonchev–Trinajstić information content (AvgIpc) is 3.19. The first-order valence-corrected chi connectivity index (χ1v) is 9.73. The topological polar surface area (TPSA) is 59.6 Å². The summed E-state index contributed by atoms with van der Waals surface area (Å²) in [5.41, 5.74) is 1.43. The predicted octanol–water partition coefficient (Wildman–Crippen LogP) is 2.53. The zero-order chi connectivity index (χ0) is 17.6. The monoisotopic (exact) mass is 358 g/mol. The lowest BCUT2D eigenvalue weighted by molar-refractivity contribution is -0.133. The van der Waals surface area contributed by atoms with Crippen LogP contribution in [0.15, 0.2) is 22.3 Å². The van der Waals surface area contributed by atoms with Crippen molar-refractivity contribution in [3.8, 4) is 0 Å². The van der Waals surface area contributed by atoms with E-state index in [0.717, 1.165) is 42.0 Å². The molecule has 0 N–H and O–H groups in total. The number of hydrogen-bond donors (Lipinski definition) is 0. The van der Waals surface area contributed by atoms with Crippen LogP contribution in [0.4, 0.5) is 0 Å². The smallest absolute Gasteiger partial charge is 0.291 e. The first-order chi connectivity index (χ1) is 12.1. The van der Waals surface area contributed by atoms with Gasteiger partial charge < -0.3 is 4.90 Å². The summed E-state index contributed by atoms with van der Waals surface area (Å²) in [6.45, 7) is 5.81. The van der Waals surface area contributed by atoms with Gasteiger partial charge in [-0.05, 0) is 36.3 Å². The molecule has 1 saturated heterocycles. The molecular formula is C18H22N4O2S. The van der Waals surface area contributed by atoms with E-state index in [1.54, 1.807) is 11.3 Å². The van der Waals surface area contributed by atoms with Crippen LogP contribution < -0.4 is 5.56 Å². The molecule has 0 unspecified atom stereocenters. The number of likely N-dealkylation sites (tertiary alicyclic amines) is 1. The molecule has 6 nitrogen and oxygen atoms in total. The summed E-state index contributed by atoms with van der Waals surface area (Å²) in [5.74, 6) is 1.46. The summed E-state index contributed by atoms with van der Waals surface area (Å²) >= 11 is 1.61. The predicted molar refractivity (Wildman–Crippen MR) is 99.2 cm³/mol. The minimum atomic E-state index is -0.195. The maximum atomic E-state index is 12.8. The molecule has 0 radical (unpaired) electrons. The number of rotatable bonds is 3. The molecule has 0 saturated carbocycles. The Labute approximate surface area is 149 Å². The van der Waals surface area contributed by atoms with Crippen LogP contribution in [0.3, 0.4) is 0 Å². The Hall–Kier alpha value is -2.15. The molecule has 132 valence electrons. The molecule has 0 bridgehead atoms. The Balaban J connectivity index is 1.71. The molecule has 7 heteroatoms. The maximum Gasteiger partial charge on any atom is 0.291 e. The molecule has 0 spiro atoms. The van der Waals surface area contributed by atoms with Crippen molar-refractivity contribution in [3.63, 3.8) is 0 Å². The second-order valence-corrected chi connectivity index (χ2v) is 7.78. The molecule has 3 aromatic rings. The van der Waals surface area contributed by atoms with E-state index in [4.69, 9.17) is 0 Å². The Kier molecular flexibility index (Phi) is 4.11. The first-order valence-electron chi connectivity index (χ1n) is 8.85. The van der Waals surface area contributed by atoms with Gasteiger partial charge in [-0.15, -0.1) is 11.3 Å². The molecule has 0 aliphatic carbocycles.